The molecule has 2 N–H and O–H groups in total. The summed E-state index contributed by atoms with van der Waals surface area (Å²) in [6, 6.07) is 5.50. The van der Waals surface area contributed by atoms with Crippen LogP contribution in [0.1, 0.15) is 39.4 Å². The van der Waals surface area contributed by atoms with Gasteiger partial charge >= 0.3 is 0 Å². The zero-order chi connectivity index (χ0) is 15.0. The number of aryl methyl sites for hydroxylation is 2. The number of nitrogens with two attached hydrogens (primary N) is 1. The van der Waals surface area contributed by atoms with Gasteiger partial charge in [0, 0.05) is 0 Å². The number of rotatable bonds is 2. The molecule has 0 heterocycles. The second-order valence-corrected chi connectivity index (χ2v) is 5.33. The molecule has 2 rings (SSSR count). The minimum Gasteiger partial charge on any atom is -0.320 e. The van der Waals surface area contributed by atoms with Gasteiger partial charge < -0.3 is 5.73 Å². The summed E-state index contributed by atoms with van der Waals surface area (Å²) in [5, 5.41) is 0. The molecule has 3 heteroatoms. The molecule has 1 nitrogen and oxygen atoms in total. The van der Waals surface area contributed by atoms with Crippen molar-refractivity contribution in [2.75, 3.05) is 0 Å². The first-order valence-electron chi connectivity index (χ1n) is 6.60. The van der Waals surface area contributed by atoms with Crippen molar-refractivity contribution in [1.82, 2.24) is 0 Å². The molecule has 0 aliphatic heterocycles. The average molecular weight is 275 g/mol. The fourth-order valence-electron chi connectivity index (χ4n) is 2.59. The molecule has 1 unspecified atom stereocenters. The molecular formula is C17H19F2N. The van der Waals surface area contributed by atoms with Gasteiger partial charge in [-0.05, 0) is 73.2 Å². The zero-order valence-electron chi connectivity index (χ0n) is 12.2. The molecule has 0 bridgehead atoms. The van der Waals surface area contributed by atoms with E-state index in [0.29, 0.717) is 5.56 Å². The fraction of sp³-hybridized carbons (Fsp3) is 0.294. The highest BCUT2D eigenvalue weighted by molar-refractivity contribution is 5.48. The number of hydrogen-bond acceptors (Lipinski definition) is 1. The number of benzene rings is 2. The number of halogens is 2. The van der Waals surface area contributed by atoms with Gasteiger partial charge in [0.05, 0.1) is 6.04 Å². The van der Waals surface area contributed by atoms with Crippen LogP contribution in [-0.2, 0) is 0 Å². The molecule has 0 aliphatic rings. The van der Waals surface area contributed by atoms with Crippen molar-refractivity contribution in [1.29, 1.82) is 0 Å². The third-order valence-electron chi connectivity index (χ3n) is 4.04. The molecule has 0 spiro atoms. The van der Waals surface area contributed by atoms with Crippen LogP contribution in [-0.4, -0.2) is 0 Å². The molecule has 2 aromatic rings. The van der Waals surface area contributed by atoms with Crippen molar-refractivity contribution in [3.05, 3.63) is 69.3 Å². The Morgan fingerprint density at radius 3 is 1.90 bits per heavy atom. The van der Waals surface area contributed by atoms with Gasteiger partial charge in [-0.3, -0.25) is 0 Å². The van der Waals surface area contributed by atoms with Crippen LogP contribution in [0.3, 0.4) is 0 Å². The van der Waals surface area contributed by atoms with E-state index in [2.05, 4.69) is 6.07 Å². The van der Waals surface area contributed by atoms with Crippen molar-refractivity contribution >= 4 is 0 Å². The highest BCUT2D eigenvalue weighted by Crippen LogP contribution is 2.30. The van der Waals surface area contributed by atoms with Gasteiger partial charge in [0.15, 0.2) is 11.6 Å². The summed E-state index contributed by atoms with van der Waals surface area (Å²) < 4.78 is 26.4. The Balaban J connectivity index is 2.58. The Kier molecular flexibility index (Phi) is 3.91. The lowest BCUT2D eigenvalue weighted by Gasteiger charge is -2.21. The summed E-state index contributed by atoms with van der Waals surface area (Å²) >= 11 is 0. The van der Waals surface area contributed by atoms with Crippen LogP contribution in [0.25, 0.3) is 0 Å². The van der Waals surface area contributed by atoms with E-state index in [1.54, 1.807) is 6.07 Å². The summed E-state index contributed by atoms with van der Waals surface area (Å²) in [6.07, 6.45) is 0. The van der Waals surface area contributed by atoms with Crippen molar-refractivity contribution in [3.63, 3.8) is 0 Å². The first-order valence-corrected chi connectivity index (χ1v) is 6.60. The Bertz CT molecular complexity index is 636. The van der Waals surface area contributed by atoms with Gasteiger partial charge in [-0.2, -0.15) is 0 Å². The Morgan fingerprint density at radius 1 is 0.850 bits per heavy atom. The van der Waals surface area contributed by atoms with E-state index in [-0.39, 0.29) is 0 Å². The quantitative estimate of drug-likeness (QED) is 0.871. The normalized spacial score (nSPS) is 12.6. The Labute approximate surface area is 118 Å². The van der Waals surface area contributed by atoms with E-state index < -0.39 is 17.7 Å². The van der Waals surface area contributed by atoms with Crippen molar-refractivity contribution in [2.24, 2.45) is 5.73 Å². The molecule has 20 heavy (non-hydrogen) atoms. The van der Waals surface area contributed by atoms with Gasteiger partial charge in [-0.1, -0.05) is 12.1 Å². The molecule has 0 aliphatic carbocycles. The van der Waals surface area contributed by atoms with Crippen LogP contribution in [0.2, 0.25) is 0 Å². The molecule has 1 atom stereocenters. The second kappa shape index (κ2) is 5.33. The van der Waals surface area contributed by atoms with Gasteiger partial charge in [-0.15, -0.1) is 0 Å². The molecule has 0 fully saturated rings. The summed E-state index contributed by atoms with van der Waals surface area (Å²) in [7, 11) is 0. The van der Waals surface area contributed by atoms with E-state index in [1.807, 2.05) is 27.7 Å². The molecular weight excluding hydrogens is 256 g/mol. The SMILES string of the molecule is Cc1cc(C)c(C)c(C(N)c2ccc(F)c(F)c2)c1C. The third kappa shape index (κ3) is 2.46. The van der Waals surface area contributed by atoms with Crippen LogP contribution in [0.5, 0.6) is 0 Å². The van der Waals surface area contributed by atoms with E-state index in [1.165, 1.54) is 6.07 Å². The first-order chi connectivity index (χ1) is 9.32. The molecule has 0 saturated carbocycles. The van der Waals surface area contributed by atoms with Gasteiger partial charge in [-0.25, -0.2) is 8.78 Å². The number of hydrogen-bond donors (Lipinski definition) is 1. The van der Waals surface area contributed by atoms with E-state index >= 15 is 0 Å². The monoisotopic (exact) mass is 275 g/mol. The summed E-state index contributed by atoms with van der Waals surface area (Å²) in [6.45, 7) is 8.08. The maximum absolute atomic E-state index is 13.4. The Morgan fingerprint density at radius 2 is 1.40 bits per heavy atom. The molecule has 0 saturated heterocycles. The van der Waals surface area contributed by atoms with Crippen LogP contribution in [0.15, 0.2) is 24.3 Å². The minimum atomic E-state index is -0.863. The molecule has 0 radical (unpaired) electrons. The minimum absolute atomic E-state index is 0.455. The molecule has 0 amide bonds. The second-order valence-electron chi connectivity index (χ2n) is 5.33. The van der Waals surface area contributed by atoms with Crippen LogP contribution >= 0.6 is 0 Å². The van der Waals surface area contributed by atoms with Crippen molar-refractivity contribution in [3.8, 4) is 0 Å². The average Bonchev–Trinajstić information content (AvgIpc) is 2.40. The van der Waals surface area contributed by atoms with Crippen LogP contribution < -0.4 is 5.73 Å². The largest absolute Gasteiger partial charge is 0.320 e. The van der Waals surface area contributed by atoms with E-state index in [4.69, 9.17) is 5.73 Å². The topological polar surface area (TPSA) is 26.0 Å². The maximum atomic E-state index is 13.4. The zero-order valence-corrected chi connectivity index (χ0v) is 12.2. The molecule has 0 aromatic heterocycles. The van der Waals surface area contributed by atoms with Gasteiger partial charge in [0.2, 0.25) is 0 Å². The predicted octanol–water partition coefficient (Wildman–Crippen LogP) is 4.25. The van der Waals surface area contributed by atoms with E-state index in [0.717, 1.165) is 33.9 Å². The van der Waals surface area contributed by atoms with E-state index in [9.17, 15) is 8.78 Å². The maximum Gasteiger partial charge on any atom is 0.159 e. The standard InChI is InChI=1S/C17H19F2N/c1-9-7-10(2)12(4)16(11(9)3)17(20)13-5-6-14(18)15(19)8-13/h5-8,17H,20H2,1-4H3. The highest BCUT2D eigenvalue weighted by Gasteiger charge is 2.18. The van der Waals surface area contributed by atoms with Gasteiger partial charge in [0.25, 0.3) is 0 Å². The summed E-state index contributed by atoms with van der Waals surface area (Å²) in [4.78, 5) is 0. The van der Waals surface area contributed by atoms with Gasteiger partial charge in [0.1, 0.15) is 0 Å². The van der Waals surface area contributed by atoms with Crippen LogP contribution in [0.4, 0.5) is 8.78 Å². The fourth-order valence-corrected chi connectivity index (χ4v) is 2.59. The lowest BCUT2D eigenvalue weighted by atomic mass is 9.87. The highest BCUT2D eigenvalue weighted by atomic mass is 19.2. The summed E-state index contributed by atoms with van der Waals surface area (Å²) in [5.41, 5.74) is 12.4. The molecule has 2 aromatic carbocycles. The van der Waals surface area contributed by atoms with Crippen molar-refractivity contribution in [2.45, 2.75) is 33.7 Å². The predicted molar refractivity (Wildman–Crippen MR) is 77.8 cm³/mol. The first kappa shape index (κ1) is 14.7. The Hall–Kier alpha value is -1.74. The van der Waals surface area contributed by atoms with Crippen molar-refractivity contribution < 1.29 is 8.78 Å². The smallest absolute Gasteiger partial charge is 0.159 e. The lowest BCUT2D eigenvalue weighted by molar-refractivity contribution is 0.506. The van der Waals surface area contributed by atoms with Crippen LogP contribution in [0, 0.1) is 39.3 Å². The molecule has 106 valence electrons. The lowest BCUT2D eigenvalue weighted by Crippen LogP contribution is -2.16. The summed E-state index contributed by atoms with van der Waals surface area (Å²) in [5.74, 6) is -1.72. The third-order valence-corrected chi connectivity index (χ3v) is 4.04.